The number of pyridine rings is 1. The first-order chi connectivity index (χ1) is 22.3. The Morgan fingerprint density at radius 2 is 1.77 bits per heavy atom. The number of aliphatic hydroxyl groups is 1. The maximum Gasteiger partial charge on any atom is 0.324 e. The van der Waals surface area contributed by atoms with Crippen LogP contribution >= 0.6 is 23.2 Å². The molecule has 0 radical (unpaired) electrons. The third-order valence-corrected chi connectivity index (χ3v) is 8.62. The van der Waals surface area contributed by atoms with Crippen LogP contribution in [0.2, 0.25) is 10.0 Å². The second kappa shape index (κ2) is 14.2. The van der Waals surface area contributed by atoms with E-state index in [2.05, 4.69) is 25.8 Å². The number of aromatic nitrogens is 3. The molecule has 0 bridgehead atoms. The van der Waals surface area contributed by atoms with Crippen LogP contribution in [0.4, 0.5) is 26.9 Å². The van der Waals surface area contributed by atoms with Crippen molar-refractivity contribution in [3.8, 4) is 17.2 Å². The zero-order chi connectivity index (χ0) is 33.9. The van der Waals surface area contributed by atoms with Crippen molar-refractivity contribution < 1.29 is 19.4 Å². The fraction of sp³-hybridized carbons (Fsp3) is 0.333. The van der Waals surface area contributed by atoms with E-state index in [0.717, 1.165) is 17.7 Å². The van der Waals surface area contributed by atoms with E-state index in [9.17, 15) is 14.7 Å². The second-order valence-corrected chi connectivity index (χ2v) is 13.2. The predicted molar refractivity (Wildman–Crippen MR) is 184 cm³/mol. The van der Waals surface area contributed by atoms with Gasteiger partial charge in [-0.05, 0) is 56.4 Å². The highest BCUT2D eigenvalue weighted by Gasteiger charge is 2.28. The quantitative estimate of drug-likeness (QED) is 0.158. The molecule has 47 heavy (non-hydrogen) atoms. The molecule has 2 aromatic carbocycles. The molecule has 1 aliphatic rings. The lowest BCUT2D eigenvalue weighted by atomic mass is 9.92. The highest BCUT2D eigenvalue weighted by molar-refractivity contribution is 6.45. The number of likely N-dealkylation sites (N-methyl/N-ethyl adjacent to an activating group) is 1. The Morgan fingerprint density at radius 3 is 2.43 bits per heavy atom. The molecule has 5 rings (SSSR count). The smallest absolute Gasteiger partial charge is 0.324 e. The molecule has 1 saturated heterocycles. The number of halogens is 2. The SMILES string of the molecule is CN(C)C1CCN(C(=O)Nc2cc(Oc3ccc(NC(=O)Nc4cc(C(C)(C)C)nn4-c4ccc(CO)cc4)c(Cl)c3Cl)ccn2)C1. The van der Waals surface area contributed by atoms with Crippen molar-refractivity contribution >= 4 is 52.6 Å². The van der Waals surface area contributed by atoms with Gasteiger partial charge in [0.1, 0.15) is 28.2 Å². The van der Waals surface area contributed by atoms with Crippen LogP contribution in [0.5, 0.6) is 11.5 Å². The van der Waals surface area contributed by atoms with E-state index in [1.165, 1.54) is 6.20 Å². The van der Waals surface area contributed by atoms with Gasteiger partial charge >= 0.3 is 12.1 Å². The van der Waals surface area contributed by atoms with Crippen molar-refractivity contribution in [1.82, 2.24) is 24.6 Å². The Kier molecular flexibility index (Phi) is 10.3. The monoisotopic (exact) mass is 680 g/mol. The number of rotatable bonds is 8. The number of aliphatic hydroxyl groups excluding tert-OH is 1. The number of hydrogen-bond acceptors (Lipinski definition) is 7. The van der Waals surface area contributed by atoms with Gasteiger partial charge in [-0.25, -0.2) is 19.3 Å². The van der Waals surface area contributed by atoms with E-state index in [1.807, 2.05) is 53.1 Å². The fourth-order valence-electron chi connectivity index (χ4n) is 4.96. The first-order valence-electron chi connectivity index (χ1n) is 15.1. The highest BCUT2D eigenvalue weighted by Crippen LogP contribution is 2.40. The third kappa shape index (κ3) is 8.14. The van der Waals surface area contributed by atoms with Crippen LogP contribution in [0.1, 0.15) is 38.4 Å². The molecule has 12 nitrogen and oxygen atoms in total. The van der Waals surface area contributed by atoms with Crippen LogP contribution in [-0.4, -0.2) is 75.0 Å². The number of nitrogens with zero attached hydrogens (tertiary/aromatic N) is 5. The van der Waals surface area contributed by atoms with Crippen molar-refractivity contribution in [2.45, 2.75) is 45.3 Å². The molecule has 0 saturated carbocycles. The van der Waals surface area contributed by atoms with Crippen LogP contribution in [0, 0.1) is 0 Å². The lowest BCUT2D eigenvalue weighted by molar-refractivity contribution is 0.216. The first kappa shape index (κ1) is 34.0. The molecule has 4 N–H and O–H groups in total. The third-order valence-electron chi connectivity index (χ3n) is 7.75. The Balaban J connectivity index is 1.26. The van der Waals surface area contributed by atoms with Crippen molar-refractivity contribution in [3.05, 3.63) is 82.1 Å². The summed E-state index contributed by atoms with van der Waals surface area (Å²) in [6.45, 7) is 7.32. The van der Waals surface area contributed by atoms with E-state index < -0.39 is 6.03 Å². The molecule has 1 fully saturated rings. The largest absolute Gasteiger partial charge is 0.456 e. The van der Waals surface area contributed by atoms with E-state index in [4.69, 9.17) is 33.0 Å². The van der Waals surface area contributed by atoms with Crippen LogP contribution < -0.4 is 20.7 Å². The standard InChI is InChI=1S/C33H38Cl2N8O4/c1-33(2,3)26-17-28(43(40-26)21-8-6-20(19-44)7-9-21)39-31(45)37-24-10-11-25(30(35)29(24)34)47-23-12-14-36-27(16-23)38-32(46)42-15-13-22(18-42)41(4)5/h6-12,14,16-17,22,44H,13,15,18-19H2,1-5H3,(H,36,38,46)(H2,37,39,45). The van der Waals surface area contributed by atoms with Gasteiger partial charge in [-0.2, -0.15) is 5.10 Å². The molecule has 4 amide bonds. The Morgan fingerprint density at radius 1 is 1.02 bits per heavy atom. The summed E-state index contributed by atoms with van der Waals surface area (Å²) in [5.74, 6) is 1.40. The summed E-state index contributed by atoms with van der Waals surface area (Å²) >= 11 is 13.1. The Labute approximate surface area is 283 Å². The number of carbonyl (C=O) groups excluding carboxylic acids is 2. The first-order valence-corrected chi connectivity index (χ1v) is 15.8. The van der Waals surface area contributed by atoms with Crippen molar-refractivity contribution in [2.24, 2.45) is 0 Å². The van der Waals surface area contributed by atoms with Crippen molar-refractivity contribution in [1.29, 1.82) is 0 Å². The molecule has 1 unspecified atom stereocenters. The van der Waals surface area contributed by atoms with E-state index in [-0.39, 0.29) is 39.5 Å². The minimum absolute atomic E-state index is 0.0776. The number of nitrogens with one attached hydrogen (secondary N) is 3. The maximum atomic E-state index is 13.2. The average molecular weight is 682 g/mol. The van der Waals surface area contributed by atoms with Crippen LogP contribution in [0.3, 0.4) is 0 Å². The topological polar surface area (TPSA) is 137 Å². The lowest BCUT2D eigenvalue weighted by Gasteiger charge is -2.20. The number of carbonyl (C=O) groups is 2. The average Bonchev–Trinajstić information content (AvgIpc) is 3.70. The van der Waals surface area contributed by atoms with E-state index >= 15 is 0 Å². The summed E-state index contributed by atoms with van der Waals surface area (Å²) in [4.78, 5) is 34.0. The maximum absolute atomic E-state index is 13.2. The van der Waals surface area contributed by atoms with Crippen molar-refractivity contribution in [2.75, 3.05) is 43.1 Å². The molecule has 1 aliphatic heterocycles. The number of urea groups is 2. The van der Waals surface area contributed by atoms with Gasteiger partial charge in [-0.15, -0.1) is 0 Å². The van der Waals surface area contributed by atoms with Gasteiger partial charge in [0, 0.05) is 42.9 Å². The summed E-state index contributed by atoms with van der Waals surface area (Å²) in [7, 11) is 4.01. The minimum atomic E-state index is -0.561. The van der Waals surface area contributed by atoms with Gasteiger partial charge in [0.2, 0.25) is 0 Å². The summed E-state index contributed by atoms with van der Waals surface area (Å²) in [5.41, 5.74) is 2.23. The zero-order valence-corrected chi connectivity index (χ0v) is 28.4. The number of ether oxygens (including phenoxy) is 1. The molecule has 248 valence electrons. The molecule has 4 aromatic rings. The highest BCUT2D eigenvalue weighted by atomic mass is 35.5. The molecule has 14 heteroatoms. The van der Waals surface area contributed by atoms with Crippen LogP contribution in [0.25, 0.3) is 5.69 Å². The summed E-state index contributed by atoms with van der Waals surface area (Å²) < 4.78 is 7.60. The number of anilines is 3. The molecular weight excluding hydrogens is 643 g/mol. The minimum Gasteiger partial charge on any atom is -0.456 e. The normalized spacial score (nSPS) is 14.7. The number of hydrogen-bond donors (Lipinski definition) is 4. The fourth-order valence-corrected chi connectivity index (χ4v) is 5.37. The molecule has 1 atom stereocenters. The van der Waals surface area contributed by atoms with E-state index in [1.54, 1.807) is 46.0 Å². The summed E-state index contributed by atoms with van der Waals surface area (Å²) in [5, 5.41) is 22.7. The molecule has 2 aromatic heterocycles. The van der Waals surface area contributed by atoms with Gasteiger partial charge in [-0.3, -0.25) is 10.6 Å². The number of amides is 4. The van der Waals surface area contributed by atoms with Gasteiger partial charge < -0.3 is 25.0 Å². The predicted octanol–water partition coefficient (Wildman–Crippen LogP) is 6.97. The Bertz CT molecular complexity index is 1750. The molecular formula is C33H38Cl2N8O4. The molecule has 0 spiro atoms. The van der Waals surface area contributed by atoms with E-state index in [0.29, 0.717) is 42.2 Å². The Hall–Kier alpha value is -4.36. The van der Waals surface area contributed by atoms with Crippen molar-refractivity contribution in [3.63, 3.8) is 0 Å². The summed E-state index contributed by atoms with van der Waals surface area (Å²) in [6.07, 6.45) is 2.43. The van der Waals surface area contributed by atoms with Crippen LogP contribution in [0.15, 0.2) is 60.8 Å². The zero-order valence-electron chi connectivity index (χ0n) is 26.8. The summed E-state index contributed by atoms with van der Waals surface area (Å²) in [6, 6.07) is 14.9. The molecule has 0 aliphatic carbocycles. The van der Waals surface area contributed by atoms with Gasteiger partial charge in [0.05, 0.1) is 28.7 Å². The van der Waals surface area contributed by atoms with Gasteiger partial charge in [-0.1, -0.05) is 56.1 Å². The number of benzene rings is 2. The second-order valence-electron chi connectivity index (χ2n) is 12.5. The van der Waals surface area contributed by atoms with Crippen LogP contribution in [-0.2, 0) is 12.0 Å². The number of likely N-dealkylation sites (tertiary alicyclic amines) is 1. The lowest BCUT2D eigenvalue weighted by Crippen LogP contribution is -2.36. The molecule has 3 heterocycles. The van der Waals surface area contributed by atoms with Gasteiger partial charge in [0.25, 0.3) is 0 Å². The van der Waals surface area contributed by atoms with Gasteiger partial charge in [0.15, 0.2) is 0 Å².